The number of aliphatic hydroxyl groups is 1. The van der Waals surface area contributed by atoms with E-state index in [0.29, 0.717) is 0 Å². The highest BCUT2D eigenvalue weighted by Gasteiger charge is 2.26. The van der Waals surface area contributed by atoms with Gasteiger partial charge in [-0.3, -0.25) is 0 Å². The molecule has 23 heavy (non-hydrogen) atoms. The summed E-state index contributed by atoms with van der Waals surface area (Å²) in [6.07, 6.45) is 3.73. The van der Waals surface area contributed by atoms with E-state index >= 15 is 0 Å². The van der Waals surface area contributed by atoms with Crippen molar-refractivity contribution in [3.05, 3.63) is 46.7 Å². The molecular weight excluding hydrogens is 312 g/mol. The summed E-state index contributed by atoms with van der Waals surface area (Å²) in [4.78, 5) is 13.3. The van der Waals surface area contributed by atoms with Gasteiger partial charge in [0.25, 0.3) is 0 Å². The molecule has 1 aromatic heterocycles. The van der Waals surface area contributed by atoms with Crippen LogP contribution < -0.4 is 9.80 Å². The lowest BCUT2D eigenvalue weighted by molar-refractivity contribution is 0.266. The van der Waals surface area contributed by atoms with E-state index in [9.17, 15) is 5.11 Å². The number of rotatable bonds is 3. The molecule has 1 unspecified atom stereocenters. The van der Waals surface area contributed by atoms with E-state index in [2.05, 4.69) is 25.8 Å². The van der Waals surface area contributed by atoms with Gasteiger partial charge in [-0.1, -0.05) is 17.7 Å². The number of halogens is 1. The molecule has 120 valence electrons. The lowest BCUT2D eigenvalue weighted by Gasteiger charge is -2.25. The van der Waals surface area contributed by atoms with Crippen LogP contribution in [-0.2, 0) is 13.1 Å². The molecule has 1 aromatic carbocycles. The minimum Gasteiger partial charge on any atom is -0.394 e. The predicted molar refractivity (Wildman–Crippen MR) is 90.8 cm³/mol. The Kier molecular flexibility index (Phi) is 3.83. The fourth-order valence-electron chi connectivity index (χ4n) is 3.52. The van der Waals surface area contributed by atoms with Crippen LogP contribution in [0.4, 0.5) is 11.6 Å². The van der Waals surface area contributed by atoms with Gasteiger partial charge in [0.1, 0.15) is 18.0 Å². The Morgan fingerprint density at radius 2 is 1.96 bits per heavy atom. The van der Waals surface area contributed by atoms with Crippen LogP contribution in [0.1, 0.15) is 24.0 Å². The lowest BCUT2D eigenvalue weighted by atomic mass is 10.1. The number of fused-ring (bicyclic) bond motifs is 1. The van der Waals surface area contributed by atoms with Crippen molar-refractivity contribution in [2.24, 2.45) is 0 Å². The van der Waals surface area contributed by atoms with Gasteiger partial charge in [-0.15, -0.1) is 0 Å². The molecule has 2 aromatic rings. The zero-order valence-corrected chi connectivity index (χ0v) is 13.6. The van der Waals surface area contributed by atoms with Gasteiger partial charge >= 0.3 is 0 Å². The summed E-state index contributed by atoms with van der Waals surface area (Å²) >= 11 is 6.09. The Bertz CT molecular complexity index is 723. The van der Waals surface area contributed by atoms with Crippen molar-refractivity contribution in [2.75, 3.05) is 23.0 Å². The fourth-order valence-corrected chi connectivity index (χ4v) is 3.71. The van der Waals surface area contributed by atoms with Crippen molar-refractivity contribution in [1.82, 2.24) is 9.97 Å². The van der Waals surface area contributed by atoms with Gasteiger partial charge in [0.05, 0.1) is 12.6 Å². The lowest BCUT2D eigenvalue weighted by Crippen LogP contribution is -2.33. The van der Waals surface area contributed by atoms with Gasteiger partial charge in [-0.25, -0.2) is 9.97 Å². The average Bonchev–Trinajstić information content (AvgIpc) is 3.21. The van der Waals surface area contributed by atoms with Gasteiger partial charge in [-0.2, -0.15) is 0 Å². The third-order valence-corrected chi connectivity index (χ3v) is 4.97. The second-order valence-corrected chi connectivity index (χ2v) is 6.61. The second-order valence-electron chi connectivity index (χ2n) is 6.18. The maximum Gasteiger partial charge on any atom is 0.134 e. The summed E-state index contributed by atoms with van der Waals surface area (Å²) in [5, 5.41) is 10.3. The molecule has 6 heteroatoms. The van der Waals surface area contributed by atoms with Crippen LogP contribution in [0.2, 0.25) is 5.02 Å². The van der Waals surface area contributed by atoms with Crippen LogP contribution in [0.5, 0.6) is 0 Å². The Morgan fingerprint density at radius 3 is 2.83 bits per heavy atom. The van der Waals surface area contributed by atoms with E-state index in [-0.39, 0.29) is 12.6 Å². The number of benzene rings is 1. The third kappa shape index (κ3) is 2.75. The molecule has 0 amide bonds. The van der Waals surface area contributed by atoms with Gasteiger partial charge in [0.15, 0.2) is 0 Å². The molecule has 1 fully saturated rings. The zero-order valence-electron chi connectivity index (χ0n) is 12.8. The van der Waals surface area contributed by atoms with E-state index in [0.717, 1.165) is 49.1 Å². The SMILES string of the molecule is OCC1CCCN1c1cc(N2Cc3ccc(Cl)cc3C2)ncn1. The molecule has 5 nitrogen and oxygen atoms in total. The molecule has 1 N–H and O–H groups in total. The first-order chi connectivity index (χ1) is 11.2. The maximum atomic E-state index is 9.51. The van der Waals surface area contributed by atoms with Crippen LogP contribution in [0.15, 0.2) is 30.6 Å². The highest BCUT2D eigenvalue weighted by Crippen LogP contribution is 2.31. The third-order valence-electron chi connectivity index (χ3n) is 4.74. The Hall–Kier alpha value is -1.85. The summed E-state index contributed by atoms with van der Waals surface area (Å²) in [5.41, 5.74) is 2.55. The summed E-state index contributed by atoms with van der Waals surface area (Å²) in [6.45, 7) is 2.77. The monoisotopic (exact) mass is 330 g/mol. The molecule has 4 rings (SSSR count). The molecule has 0 spiro atoms. The van der Waals surface area contributed by atoms with Crippen LogP contribution in [-0.4, -0.2) is 34.3 Å². The Balaban J connectivity index is 1.58. The zero-order chi connectivity index (χ0) is 15.8. The van der Waals surface area contributed by atoms with E-state index in [1.54, 1.807) is 6.33 Å². The largest absolute Gasteiger partial charge is 0.394 e. The van der Waals surface area contributed by atoms with Crippen LogP contribution >= 0.6 is 11.6 Å². The summed E-state index contributed by atoms with van der Waals surface area (Å²) in [7, 11) is 0. The maximum absolute atomic E-state index is 9.51. The standard InChI is InChI=1S/C17H19ClN4O/c18-14-4-3-12-8-21(9-13(12)6-14)16-7-17(20-11-19-16)22-5-1-2-15(22)10-23/h3-4,6-7,11,15,23H,1-2,5,8-10H2. The van der Waals surface area contributed by atoms with Crippen LogP contribution in [0.25, 0.3) is 0 Å². The van der Waals surface area contributed by atoms with E-state index in [1.807, 2.05) is 18.2 Å². The molecule has 2 aliphatic rings. The molecule has 0 aliphatic carbocycles. The van der Waals surface area contributed by atoms with Gasteiger partial charge in [-0.05, 0) is 36.1 Å². The van der Waals surface area contributed by atoms with Gasteiger partial charge < -0.3 is 14.9 Å². The average molecular weight is 331 g/mol. The smallest absolute Gasteiger partial charge is 0.134 e. The molecule has 1 atom stereocenters. The molecular formula is C17H19ClN4O. The Labute approximate surface area is 140 Å². The van der Waals surface area contributed by atoms with Crippen molar-refractivity contribution in [3.8, 4) is 0 Å². The van der Waals surface area contributed by atoms with Gasteiger partial charge in [0, 0.05) is 30.7 Å². The van der Waals surface area contributed by atoms with E-state index in [1.165, 1.54) is 11.1 Å². The molecule has 2 aliphatic heterocycles. The predicted octanol–water partition coefficient (Wildman–Crippen LogP) is 2.61. The first kappa shape index (κ1) is 14.7. The van der Waals surface area contributed by atoms with Gasteiger partial charge in [0.2, 0.25) is 0 Å². The summed E-state index contributed by atoms with van der Waals surface area (Å²) < 4.78 is 0. The minimum absolute atomic E-state index is 0.173. The molecule has 0 saturated carbocycles. The number of anilines is 2. The summed E-state index contributed by atoms with van der Waals surface area (Å²) in [5.74, 6) is 1.83. The van der Waals surface area contributed by atoms with E-state index < -0.39 is 0 Å². The normalized spacial score (nSPS) is 20.2. The highest BCUT2D eigenvalue weighted by molar-refractivity contribution is 6.30. The molecule has 1 saturated heterocycles. The van der Waals surface area contributed by atoms with Crippen molar-refractivity contribution in [3.63, 3.8) is 0 Å². The van der Waals surface area contributed by atoms with Crippen LogP contribution in [0, 0.1) is 0 Å². The molecule has 3 heterocycles. The quantitative estimate of drug-likeness (QED) is 0.937. The summed E-state index contributed by atoms with van der Waals surface area (Å²) in [6, 6.07) is 8.25. The second kappa shape index (κ2) is 5.98. The number of aliphatic hydroxyl groups excluding tert-OH is 1. The van der Waals surface area contributed by atoms with Crippen LogP contribution in [0.3, 0.4) is 0 Å². The van der Waals surface area contributed by atoms with Crippen molar-refractivity contribution < 1.29 is 5.11 Å². The van der Waals surface area contributed by atoms with Crippen molar-refractivity contribution >= 4 is 23.2 Å². The highest BCUT2D eigenvalue weighted by atomic mass is 35.5. The van der Waals surface area contributed by atoms with Crippen molar-refractivity contribution in [1.29, 1.82) is 0 Å². The number of hydrogen-bond acceptors (Lipinski definition) is 5. The Morgan fingerprint density at radius 1 is 1.13 bits per heavy atom. The van der Waals surface area contributed by atoms with Crippen molar-refractivity contribution in [2.45, 2.75) is 32.0 Å². The molecule has 0 radical (unpaired) electrons. The first-order valence-corrected chi connectivity index (χ1v) is 8.34. The number of hydrogen-bond donors (Lipinski definition) is 1. The topological polar surface area (TPSA) is 52.5 Å². The minimum atomic E-state index is 0.173. The fraction of sp³-hybridized carbons (Fsp3) is 0.412. The van der Waals surface area contributed by atoms with E-state index in [4.69, 9.17) is 11.6 Å². The first-order valence-electron chi connectivity index (χ1n) is 7.96. The number of aromatic nitrogens is 2. The number of nitrogens with zero attached hydrogens (tertiary/aromatic N) is 4. The molecule has 0 bridgehead atoms.